The molecule has 1 heterocycles. The van der Waals surface area contributed by atoms with Crippen molar-refractivity contribution in [2.24, 2.45) is 0 Å². The van der Waals surface area contributed by atoms with E-state index in [2.05, 4.69) is 21.2 Å². The smallest absolute Gasteiger partial charge is 0.329 e. The van der Waals surface area contributed by atoms with Crippen LogP contribution >= 0.6 is 27.5 Å². The molecule has 4 rings (SSSR count). The van der Waals surface area contributed by atoms with Crippen LogP contribution in [0, 0.1) is 5.82 Å². The average Bonchev–Trinajstić information content (AvgIpc) is 3.07. The van der Waals surface area contributed by atoms with Gasteiger partial charge >= 0.3 is 6.03 Å². The predicted molar refractivity (Wildman–Crippen MR) is 130 cm³/mol. The standard InChI is InChI=1S/C25H19BrClFN2O4/c1-33-22-12-15(10-18(26)23(22)34-14-17-7-2-4-8-19(17)27)11-21-24(31)30(25(32)29-21)13-16-6-3-5-9-20(16)28/h2-12H,13-14H2,1H3,(H,29,32)/b21-11-. The maximum atomic E-state index is 14.0. The van der Waals surface area contributed by atoms with Gasteiger partial charge in [-0.2, -0.15) is 0 Å². The van der Waals surface area contributed by atoms with E-state index >= 15 is 0 Å². The van der Waals surface area contributed by atoms with E-state index in [-0.39, 0.29) is 24.4 Å². The number of urea groups is 1. The fourth-order valence-corrected chi connectivity index (χ4v) is 4.17. The molecule has 0 saturated carbocycles. The van der Waals surface area contributed by atoms with Gasteiger partial charge in [-0.3, -0.25) is 9.69 Å². The molecule has 174 valence electrons. The Balaban J connectivity index is 1.55. The predicted octanol–water partition coefficient (Wildman–Crippen LogP) is 5.92. The Kier molecular flexibility index (Phi) is 7.19. The Bertz CT molecular complexity index is 1300. The molecular weight excluding hydrogens is 527 g/mol. The van der Waals surface area contributed by atoms with Gasteiger partial charge in [-0.1, -0.05) is 48.0 Å². The third-order valence-electron chi connectivity index (χ3n) is 5.14. The SMILES string of the molecule is COc1cc(/C=C2\NC(=O)N(Cc3ccccc3F)C2=O)cc(Br)c1OCc1ccccc1Cl. The fourth-order valence-electron chi connectivity index (χ4n) is 3.41. The van der Waals surface area contributed by atoms with Crippen molar-refractivity contribution in [2.45, 2.75) is 13.2 Å². The topological polar surface area (TPSA) is 67.9 Å². The van der Waals surface area contributed by atoms with E-state index in [0.717, 1.165) is 10.5 Å². The second kappa shape index (κ2) is 10.3. The first-order chi connectivity index (χ1) is 16.4. The van der Waals surface area contributed by atoms with Crippen molar-refractivity contribution in [1.29, 1.82) is 0 Å². The minimum absolute atomic E-state index is 0.0695. The summed E-state index contributed by atoms with van der Waals surface area (Å²) in [5, 5.41) is 3.13. The van der Waals surface area contributed by atoms with Crippen LogP contribution in [0.3, 0.4) is 0 Å². The van der Waals surface area contributed by atoms with Crippen molar-refractivity contribution in [3.63, 3.8) is 0 Å². The molecule has 0 bridgehead atoms. The number of benzene rings is 3. The van der Waals surface area contributed by atoms with Crippen molar-refractivity contribution in [3.05, 3.63) is 98.4 Å². The van der Waals surface area contributed by atoms with Crippen LogP contribution in [0.2, 0.25) is 5.02 Å². The number of hydrogen-bond acceptors (Lipinski definition) is 4. The molecule has 0 unspecified atom stereocenters. The van der Waals surface area contributed by atoms with Crippen molar-refractivity contribution >= 4 is 45.5 Å². The van der Waals surface area contributed by atoms with Crippen LogP contribution < -0.4 is 14.8 Å². The number of amides is 3. The Labute approximate surface area is 209 Å². The highest BCUT2D eigenvalue weighted by atomic mass is 79.9. The molecule has 1 aliphatic heterocycles. The number of carbonyl (C=O) groups is 2. The first-order valence-electron chi connectivity index (χ1n) is 10.2. The lowest BCUT2D eigenvalue weighted by atomic mass is 10.1. The quantitative estimate of drug-likeness (QED) is 0.296. The van der Waals surface area contributed by atoms with Crippen molar-refractivity contribution < 1.29 is 23.5 Å². The van der Waals surface area contributed by atoms with E-state index in [0.29, 0.717) is 26.6 Å². The van der Waals surface area contributed by atoms with Crippen LogP contribution in [0.4, 0.5) is 9.18 Å². The highest BCUT2D eigenvalue weighted by Gasteiger charge is 2.34. The third-order valence-corrected chi connectivity index (χ3v) is 6.10. The number of nitrogens with zero attached hydrogens (tertiary/aromatic N) is 1. The maximum Gasteiger partial charge on any atom is 0.329 e. The molecule has 1 fully saturated rings. The molecule has 34 heavy (non-hydrogen) atoms. The van der Waals surface area contributed by atoms with Gasteiger partial charge in [0.2, 0.25) is 0 Å². The number of nitrogens with one attached hydrogen (secondary N) is 1. The van der Waals surface area contributed by atoms with Gasteiger partial charge in [-0.05, 0) is 51.8 Å². The van der Waals surface area contributed by atoms with Gasteiger partial charge in [0.15, 0.2) is 11.5 Å². The molecular formula is C25H19BrClFN2O4. The average molecular weight is 546 g/mol. The molecule has 1 saturated heterocycles. The Morgan fingerprint density at radius 3 is 2.50 bits per heavy atom. The molecule has 0 spiro atoms. The fraction of sp³-hybridized carbons (Fsp3) is 0.120. The lowest BCUT2D eigenvalue weighted by Gasteiger charge is -2.14. The van der Waals surface area contributed by atoms with Gasteiger partial charge in [0.25, 0.3) is 5.91 Å². The van der Waals surface area contributed by atoms with Gasteiger partial charge < -0.3 is 14.8 Å². The Morgan fingerprint density at radius 2 is 1.79 bits per heavy atom. The molecule has 3 aromatic rings. The van der Waals surface area contributed by atoms with Gasteiger partial charge in [-0.25, -0.2) is 9.18 Å². The van der Waals surface area contributed by atoms with E-state index in [4.69, 9.17) is 21.1 Å². The summed E-state index contributed by atoms with van der Waals surface area (Å²) in [4.78, 5) is 26.1. The van der Waals surface area contributed by atoms with Crippen LogP contribution in [0.25, 0.3) is 6.08 Å². The number of ether oxygens (including phenoxy) is 2. The van der Waals surface area contributed by atoms with Gasteiger partial charge in [-0.15, -0.1) is 0 Å². The highest BCUT2D eigenvalue weighted by molar-refractivity contribution is 9.10. The van der Waals surface area contributed by atoms with Crippen molar-refractivity contribution in [2.75, 3.05) is 7.11 Å². The lowest BCUT2D eigenvalue weighted by molar-refractivity contribution is -0.123. The second-order valence-electron chi connectivity index (χ2n) is 7.39. The zero-order chi connectivity index (χ0) is 24.2. The summed E-state index contributed by atoms with van der Waals surface area (Å²) in [5.41, 5.74) is 1.72. The minimum atomic E-state index is -0.620. The molecule has 3 amide bonds. The number of imide groups is 1. The molecule has 0 aromatic heterocycles. The molecule has 1 N–H and O–H groups in total. The summed E-state index contributed by atoms with van der Waals surface area (Å²) >= 11 is 9.68. The highest BCUT2D eigenvalue weighted by Crippen LogP contribution is 2.38. The van der Waals surface area contributed by atoms with Gasteiger partial charge in [0, 0.05) is 16.1 Å². The van der Waals surface area contributed by atoms with E-state index < -0.39 is 17.8 Å². The summed E-state index contributed by atoms with van der Waals surface area (Å²) in [6.45, 7) is 0.0607. The number of rotatable bonds is 7. The Hall–Kier alpha value is -3.36. The van der Waals surface area contributed by atoms with Gasteiger partial charge in [0.1, 0.15) is 18.1 Å². The van der Waals surface area contributed by atoms with E-state index in [1.807, 2.05) is 18.2 Å². The monoisotopic (exact) mass is 544 g/mol. The Morgan fingerprint density at radius 1 is 1.09 bits per heavy atom. The summed E-state index contributed by atoms with van der Waals surface area (Å²) in [6, 6.07) is 16.1. The summed E-state index contributed by atoms with van der Waals surface area (Å²) in [5.74, 6) is -0.148. The summed E-state index contributed by atoms with van der Waals surface area (Å²) in [7, 11) is 1.50. The van der Waals surface area contributed by atoms with Crippen LogP contribution in [-0.4, -0.2) is 23.9 Å². The number of halogens is 3. The van der Waals surface area contributed by atoms with E-state index in [1.165, 1.54) is 25.3 Å². The van der Waals surface area contributed by atoms with Crippen LogP contribution in [0.1, 0.15) is 16.7 Å². The van der Waals surface area contributed by atoms with Gasteiger partial charge in [0.05, 0.1) is 18.1 Å². The zero-order valence-electron chi connectivity index (χ0n) is 18.0. The molecule has 1 aliphatic rings. The minimum Gasteiger partial charge on any atom is -0.493 e. The third kappa shape index (κ3) is 5.08. The van der Waals surface area contributed by atoms with Crippen molar-refractivity contribution in [1.82, 2.24) is 10.2 Å². The van der Waals surface area contributed by atoms with Crippen molar-refractivity contribution in [3.8, 4) is 11.5 Å². The summed E-state index contributed by atoms with van der Waals surface area (Å²) in [6.07, 6.45) is 1.52. The zero-order valence-corrected chi connectivity index (χ0v) is 20.3. The second-order valence-corrected chi connectivity index (χ2v) is 8.65. The largest absolute Gasteiger partial charge is 0.493 e. The number of methoxy groups -OCH3 is 1. The number of hydrogen-bond donors (Lipinski definition) is 1. The normalized spacial score (nSPS) is 14.5. The van der Waals surface area contributed by atoms with E-state index in [9.17, 15) is 14.0 Å². The molecule has 0 aliphatic carbocycles. The summed E-state index contributed by atoms with van der Waals surface area (Å²) < 4.78 is 26.0. The lowest BCUT2D eigenvalue weighted by Crippen LogP contribution is -2.30. The van der Waals surface area contributed by atoms with Crippen LogP contribution in [-0.2, 0) is 17.9 Å². The molecule has 3 aromatic carbocycles. The first kappa shape index (κ1) is 23.8. The maximum absolute atomic E-state index is 14.0. The molecule has 9 heteroatoms. The molecule has 0 atom stereocenters. The van der Waals surface area contributed by atoms with Crippen LogP contribution in [0.15, 0.2) is 70.8 Å². The van der Waals surface area contributed by atoms with E-state index in [1.54, 1.807) is 30.3 Å². The molecule has 6 nitrogen and oxygen atoms in total. The first-order valence-corrected chi connectivity index (χ1v) is 11.4. The van der Waals surface area contributed by atoms with Crippen LogP contribution in [0.5, 0.6) is 11.5 Å². The number of carbonyl (C=O) groups excluding carboxylic acids is 2. The molecule has 0 radical (unpaired) electrons.